The van der Waals surface area contributed by atoms with Crippen LogP contribution in [0.4, 0.5) is 0 Å². The minimum absolute atomic E-state index is 0.0142. The van der Waals surface area contributed by atoms with Crippen molar-refractivity contribution < 1.29 is 9.59 Å². The van der Waals surface area contributed by atoms with Crippen molar-refractivity contribution in [2.24, 2.45) is 11.8 Å². The van der Waals surface area contributed by atoms with Crippen molar-refractivity contribution in [3.63, 3.8) is 0 Å². The van der Waals surface area contributed by atoms with Crippen molar-refractivity contribution in [2.75, 3.05) is 19.6 Å². The van der Waals surface area contributed by atoms with Gasteiger partial charge in [-0.25, -0.2) is 0 Å². The van der Waals surface area contributed by atoms with Crippen LogP contribution >= 0.6 is 0 Å². The average molecular weight is 236 g/mol. The molecule has 1 atom stereocenters. The van der Waals surface area contributed by atoms with Gasteiger partial charge in [-0.1, -0.05) is 12.2 Å². The summed E-state index contributed by atoms with van der Waals surface area (Å²) in [6.07, 6.45) is 2.83. The Hall–Kier alpha value is -1.32. The van der Waals surface area contributed by atoms with Crippen LogP contribution in [0.15, 0.2) is 12.2 Å². The summed E-state index contributed by atoms with van der Waals surface area (Å²) in [5.41, 5.74) is 0.928. The van der Waals surface area contributed by atoms with E-state index >= 15 is 0 Å². The zero-order chi connectivity index (χ0) is 12.4. The third-order valence-electron chi connectivity index (χ3n) is 3.33. The van der Waals surface area contributed by atoms with Gasteiger partial charge in [0.05, 0.1) is 5.92 Å². The molecule has 1 saturated carbocycles. The monoisotopic (exact) mass is 236 g/mol. The molecule has 17 heavy (non-hydrogen) atoms. The molecule has 0 aromatic rings. The highest BCUT2D eigenvalue weighted by atomic mass is 16.2. The van der Waals surface area contributed by atoms with Crippen LogP contribution < -0.4 is 5.32 Å². The molecule has 1 saturated heterocycles. The smallest absolute Gasteiger partial charge is 0.225 e. The Bertz CT molecular complexity index is 347. The van der Waals surface area contributed by atoms with Crippen molar-refractivity contribution in [1.82, 2.24) is 10.2 Å². The van der Waals surface area contributed by atoms with Gasteiger partial charge in [-0.2, -0.15) is 0 Å². The zero-order valence-corrected chi connectivity index (χ0v) is 10.4. The second-order valence-corrected chi connectivity index (χ2v) is 5.32. The van der Waals surface area contributed by atoms with Gasteiger partial charge >= 0.3 is 0 Å². The number of rotatable bonds is 5. The molecule has 94 valence electrons. The number of hydrogen-bond donors (Lipinski definition) is 1. The number of likely N-dealkylation sites (tertiary alicyclic amines) is 1. The second kappa shape index (κ2) is 4.90. The summed E-state index contributed by atoms with van der Waals surface area (Å²) in [5.74, 6) is 0.642. The van der Waals surface area contributed by atoms with E-state index in [2.05, 4.69) is 11.9 Å². The molecule has 1 unspecified atom stereocenters. The third-order valence-corrected chi connectivity index (χ3v) is 3.33. The Morgan fingerprint density at radius 1 is 1.53 bits per heavy atom. The maximum Gasteiger partial charge on any atom is 0.225 e. The lowest BCUT2D eigenvalue weighted by molar-refractivity contribution is -0.129. The highest BCUT2D eigenvalue weighted by Gasteiger charge is 2.36. The van der Waals surface area contributed by atoms with E-state index in [9.17, 15) is 9.59 Å². The molecule has 2 amide bonds. The molecule has 4 heteroatoms. The largest absolute Gasteiger partial charge is 0.352 e. The van der Waals surface area contributed by atoms with Gasteiger partial charge in [0.25, 0.3) is 0 Å². The SMILES string of the molecule is C=C(C)CNC(=O)C1CC(=O)N(CC2CC2)C1. The highest BCUT2D eigenvalue weighted by molar-refractivity contribution is 5.89. The predicted octanol–water partition coefficient (Wildman–Crippen LogP) is 0.937. The normalized spacial score (nSPS) is 23.9. The quantitative estimate of drug-likeness (QED) is 0.722. The van der Waals surface area contributed by atoms with Crippen molar-refractivity contribution in [2.45, 2.75) is 26.2 Å². The number of hydrogen-bond acceptors (Lipinski definition) is 2. The third kappa shape index (κ3) is 3.32. The van der Waals surface area contributed by atoms with Gasteiger partial charge in [0.1, 0.15) is 0 Å². The van der Waals surface area contributed by atoms with Gasteiger partial charge in [-0.15, -0.1) is 0 Å². The lowest BCUT2D eigenvalue weighted by atomic mass is 10.1. The van der Waals surface area contributed by atoms with Gasteiger partial charge < -0.3 is 10.2 Å². The summed E-state index contributed by atoms with van der Waals surface area (Å²) in [7, 11) is 0. The van der Waals surface area contributed by atoms with E-state index in [1.54, 1.807) is 0 Å². The predicted molar refractivity (Wildman–Crippen MR) is 65.2 cm³/mol. The van der Waals surface area contributed by atoms with Crippen LogP contribution in [-0.4, -0.2) is 36.3 Å². The van der Waals surface area contributed by atoms with Gasteiger partial charge in [0.15, 0.2) is 0 Å². The van der Waals surface area contributed by atoms with Crippen molar-refractivity contribution >= 4 is 11.8 Å². The molecule has 2 rings (SSSR count). The Kier molecular flexibility index (Phi) is 3.50. The van der Waals surface area contributed by atoms with Gasteiger partial charge in [-0.3, -0.25) is 9.59 Å². The van der Waals surface area contributed by atoms with Crippen LogP contribution in [0.1, 0.15) is 26.2 Å². The van der Waals surface area contributed by atoms with E-state index in [0.29, 0.717) is 25.4 Å². The molecule has 0 aromatic carbocycles. The maximum atomic E-state index is 11.8. The fourth-order valence-corrected chi connectivity index (χ4v) is 2.12. The summed E-state index contributed by atoms with van der Waals surface area (Å²) >= 11 is 0. The molecule has 1 aliphatic heterocycles. The van der Waals surface area contributed by atoms with Gasteiger partial charge in [0, 0.05) is 26.1 Å². The summed E-state index contributed by atoms with van der Waals surface area (Å²) in [6.45, 7) is 7.56. The lowest BCUT2D eigenvalue weighted by Gasteiger charge is -2.15. The molecular formula is C13H20N2O2. The first-order valence-corrected chi connectivity index (χ1v) is 6.26. The molecule has 2 aliphatic rings. The van der Waals surface area contributed by atoms with Crippen LogP contribution in [0.2, 0.25) is 0 Å². The molecule has 1 N–H and O–H groups in total. The van der Waals surface area contributed by atoms with E-state index in [1.165, 1.54) is 12.8 Å². The van der Waals surface area contributed by atoms with Gasteiger partial charge in [0.2, 0.25) is 11.8 Å². The Morgan fingerprint density at radius 2 is 2.24 bits per heavy atom. The fourth-order valence-electron chi connectivity index (χ4n) is 2.12. The number of nitrogens with zero attached hydrogens (tertiary/aromatic N) is 1. The molecule has 0 radical (unpaired) electrons. The van der Waals surface area contributed by atoms with Crippen LogP contribution in [0.3, 0.4) is 0 Å². The van der Waals surface area contributed by atoms with E-state index in [0.717, 1.165) is 12.1 Å². The molecule has 2 fully saturated rings. The van der Waals surface area contributed by atoms with Crippen LogP contribution in [0.25, 0.3) is 0 Å². The zero-order valence-electron chi connectivity index (χ0n) is 10.4. The average Bonchev–Trinajstić information content (AvgIpc) is 3.00. The number of amides is 2. The van der Waals surface area contributed by atoms with E-state index in [-0.39, 0.29) is 17.7 Å². The fraction of sp³-hybridized carbons (Fsp3) is 0.692. The first kappa shape index (κ1) is 12.1. The summed E-state index contributed by atoms with van der Waals surface area (Å²) < 4.78 is 0. The Balaban J connectivity index is 1.80. The number of nitrogens with one attached hydrogen (secondary N) is 1. The first-order valence-electron chi connectivity index (χ1n) is 6.26. The Labute approximate surface area is 102 Å². The van der Waals surface area contributed by atoms with Crippen molar-refractivity contribution in [3.05, 3.63) is 12.2 Å². The number of carbonyl (C=O) groups is 2. The topological polar surface area (TPSA) is 49.4 Å². The summed E-state index contributed by atoms with van der Waals surface area (Å²) in [6, 6.07) is 0. The van der Waals surface area contributed by atoms with E-state index in [4.69, 9.17) is 0 Å². The summed E-state index contributed by atoms with van der Waals surface area (Å²) in [4.78, 5) is 25.4. The Morgan fingerprint density at radius 3 is 2.82 bits per heavy atom. The van der Waals surface area contributed by atoms with E-state index < -0.39 is 0 Å². The van der Waals surface area contributed by atoms with Crippen molar-refractivity contribution in [3.8, 4) is 0 Å². The van der Waals surface area contributed by atoms with Crippen LogP contribution in [-0.2, 0) is 9.59 Å². The highest BCUT2D eigenvalue weighted by Crippen LogP contribution is 2.31. The molecule has 1 heterocycles. The molecule has 0 spiro atoms. The maximum absolute atomic E-state index is 11.8. The molecule has 4 nitrogen and oxygen atoms in total. The van der Waals surface area contributed by atoms with Crippen LogP contribution in [0.5, 0.6) is 0 Å². The van der Waals surface area contributed by atoms with Crippen molar-refractivity contribution in [1.29, 1.82) is 0 Å². The van der Waals surface area contributed by atoms with Crippen LogP contribution in [0, 0.1) is 11.8 Å². The first-order chi connectivity index (χ1) is 8.06. The standard InChI is InChI=1S/C13H20N2O2/c1-9(2)6-14-13(17)11-5-12(16)15(8-11)7-10-3-4-10/h10-11H,1,3-8H2,2H3,(H,14,17). The second-order valence-electron chi connectivity index (χ2n) is 5.32. The minimum Gasteiger partial charge on any atom is -0.352 e. The van der Waals surface area contributed by atoms with Gasteiger partial charge in [-0.05, 0) is 25.7 Å². The molecule has 0 bridgehead atoms. The number of carbonyl (C=O) groups excluding carboxylic acids is 2. The molecule has 1 aliphatic carbocycles. The van der Waals surface area contributed by atoms with E-state index in [1.807, 2.05) is 11.8 Å². The summed E-state index contributed by atoms with van der Waals surface area (Å²) in [5, 5.41) is 2.82. The molecule has 0 aromatic heterocycles. The minimum atomic E-state index is -0.166. The molecular weight excluding hydrogens is 216 g/mol. The lowest BCUT2D eigenvalue weighted by Crippen LogP contribution is -2.34.